The number of benzene rings is 1. The number of rotatable bonds is 7. The molecule has 2 aromatic rings. The SMILES string of the molecule is CCOc1ncccc1C(=O)NCC(=O)OCc1ccccc1. The van der Waals surface area contributed by atoms with E-state index in [1.807, 2.05) is 30.3 Å². The molecule has 0 aliphatic carbocycles. The van der Waals surface area contributed by atoms with Gasteiger partial charge in [0, 0.05) is 6.20 Å². The summed E-state index contributed by atoms with van der Waals surface area (Å²) >= 11 is 0. The van der Waals surface area contributed by atoms with Crippen molar-refractivity contribution in [2.45, 2.75) is 13.5 Å². The van der Waals surface area contributed by atoms with E-state index < -0.39 is 11.9 Å². The van der Waals surface area contributed by atoms with Gasteiger partial charge in [-0.15, -0.1) is 0 Å². The number of nitrogens with one attached hydrogen (secondary N) is 1. The third kappa shape index (κ3) is 5.10. The third-order valence-electron chi connectivity index (χ3n) is 2.93. The molecule has 23 heavy (non-hydrogen) atoms. The highest BCUT2D eigenvalue weighted by molar-refractivity contribution is 5.97. The lowest BCUT2D eigenvalue weighted by atomic mass is 10.2. The lowest BCUT2D eigenvalue weighted by molar-refractivity contribution is -0.143. The molecule has 0 atom stereocenters. The Morgan fingerprint density at radius 2 is 1.91 bits per heavy atom. The quantitative estimate of drug-likeness (QED) is 0.790. The minimum atomic E-state index is -0.510. The number of carbonyl (C=O) groups excluding carboxylic acids is 2. The summed E-state index contributed by atoms with van der Waals surface area (Å²) in [4.78, 5) is 27.8. The van der Waals surface area contributed by atoms with Crippen molar-refractivity contribution in [1.82, 2.24) is 10.3 Å². The van der Waals surface area contributed by atoms with Crippen LogP contribution in [0.5, 0.6) is 5.88 Å². The normalized spacial score (nSPS) is 9.96. The van der Waals surface area contributed by atoms with Gasteiger partial charge in [-0.25, -0.2) is 4.98 Å². The molecule has 6 heteroatoms. The third-order valence-corrected chi connectivity index (χ3v) is 2.93. The van der Waals surface area contributed by atoms with Crippen LogP contribution in [0.4, 0.5) is 0 Å². The van der Waals surface area contributed by atoms with Crippen LogP contribution in [-0.2, 0) is 16.1 Å². The van der Waals surface area contributed by atoms with Crippen LogP contribution in [-0.4, -0.2) is 30.0 Å². The van der Waals surface area contributed by atoms with Crippen molar-refractivity contribution < 1.29 is 19.1 Å². The standard InChI is InChI=1S/C17H18N2O4/c1-2-22-17-14(9-6-10-18-17)16(21)19-11-15(20)23-12-13-7-4-3-5-8-13/h3-10H,2,11-12H2,1H3,(H,19,21). The van der Waals surface area contributed by atoms with E-state index >= 15 is 0 Å². The number of carbonyl (C=O) groups is 2. The monoisotopic (exact) mass is 314 g/mol. The first kappa shape index (κ1) is 16.5. The zero-order valence-corrected chi connectivity index (χ0v) is 12.8. The van der Waals surface area contributed by atoms with Crippen LogP contribution in [0, 0.1) is 0 Å². The summed E-state index contributed by atoms with van der Waals surface area (Å²) in [7, 11) is 0. The van der Waals surface area contributed by atoms with Gasteiger partial charge < -0.3 is 14.8 Å². The molecule has 0 aliphatic heterocycles. The van der Waals surface area contributed by atoms with Gasteiger partial charge in [-0.2, -0.15) is 0 Å². The molecule has 1 aromatic heterocycles. The van der Waals surface area contributed by atoms with E-state index in [9.17, 15) is 9.59 Å². The molecule has 0 aliphatic rings. The number of esters is 1. The maximum atomic E-state index is 12.1. The highest BCUT2D eigenvalue weighted by Crippen LogP contribution is 2.13. The van der Waals surface area contributed by atoms with Crippen LogP contribution < -0.4 is 10.1 Å². The molecule has 1 heterocycles. The van der Waals surface area contributed by atoms with Crippen molar-refractivity contribution in [2.24, 2.45) is 0 Å². The highest BCUT2D eigenvalue weighted by atomic mass is 16.5. The summed E-state index contributed by atoms with van der Waals surface area (Å²) in [6.07, 6.45) is 1.54. The first-order valence-electron chi connectivity index (χ1n) is 7.26. The zero-order chi connectivity index (χ0) is 16.5. The molecule has 1 amide bonds. The van der Waals surface area contributed by atoms with Crippen LogP contribution >= 0.6 is 0 Å². The summed E-state index contributed by atoms with van der Waals surface area (Å²) in [5.41, 5.74) is 1.17. The van der Waals surface area contributed by atoms with Crippen molar-refractivity contribution in [3.63, 3.8) is 0 Å². The van der Waals surface area contributed by atoms with E-state index in [4.69, 9.17) is 9.47 Å². The van der Waals surface area contributed by atoms with Crippen LogP contribution in [0.15, 0.2) is 48.7 Å². The maximum Gasteiger partial charge on any atom is 0.325 e. The number of aromatic nitrogens is 1. The maximum absolute atomic E-state index is 12.1. The second-order valence-electron chi connectivity index (χ2n) is 4.62. The van der Waals surface area contributed by atoms with Gasteiger partial charge >= 0.3 is 5.97 Å². The number of pyridine rings is 1. The Kier molecular flexibility index (Phi) is 6.11. The molecule has 0 bridgehead atoms. The minimum absolute atomic E-state index is 0.173. The molecule has 0 radical (unpaired) electrons. The molecule has 0 fully saturated rings. The van der Waals surface area contributed by atoms with Crippen molar-refractivity contribution >= 4 is 11.9 Å². The van der Waals surface area contributed by atoms with Gasteiger partial charge in [0.1, 0.15) is 18.7 Å². The van der Waals surface area contributed by atoms with Gasteiger partial charge in [0.25, 0.3) is 5.91 Å². The first-order valence-corrected chi connectivity index (χ1v) is 7.26. The molecule has 1 N–H and O–H groups in total. The Labute approximate surface area is 134 Å². The summed E-state index contributed by atoms with van der Waals surface area (Å²) < 4.78 is 10.4. The fourth-order valence-corrected chi connectivity index (χ4v) is 1.85. The van der Waals surface area contributed by atoms with Crippen LogP contribution in [0.25, 0.3) is 0 Å². The number of amides is 1. The summed E-state index contributed by atoms with van der Waals surface area (Å²) in [5, 5.41) is 2.50. The molecule has 120 valence electrons. The second kappa shape index (κ2) is 8.53. The molecule has 6 nitrogen and oxygen atoms in total. The lowest BCUT2D eigenvalue weighted by Crippen LogP contribution is -2.31. The van der Waals surface area contributed by atoms with E-state index in [1.54, 1.807) is 19.1 Å². The van der Waals surface area contributed by atoms with Crippen LogP contribution in [0.1, 0.15) is 22.8 Å². The van der Waals surface area contributed by atoms with Gasteiger partial charge in [-0.3, -0.25) is 9.59 Å². The van der Waals surface area contributed by atoms with Gasteiger partial charge in [0.15, 0.2) is 0 Å². The summed E-state index contributed by atoms with van der Waals surface area (Å²) in [5.74, 6) is -0.701. The smallest absolute Gasteiger partial charge is 0.325 e. The first-order chi connectivity index (χ1) is 11.2. The van der Waals surface area contributed by atoms with Gasteiger partial charge in [-0.1, -0.05) is 30.3 Å². The lowest BCUT2D eigenvalue weighted by Gasteiger charge is -2.09. The van der Waals surface area contributed by atoms with E-state index in [1.165, 1.54) is 6.20 Å². The van der Waals surface area contributed by atoms with Crippen molar-refractivity contribution in [1.29, 1.82) is 0 Å². The van der Waals surface area contributed by atoms with E-state index in [0.29, 0.717) is 6.61 Å². The number of hydrogen-bond acceptors (Lipinski definition) is 5. The van der Waals surface area contributed by atoms with Gasteiger partial charge in [-0.05, 0) is 24.6 Å². The van der Waals surface area contributed by atoms with Crippen molar-refractivity contribution in [3.05, 3.63) is 59.8 Å². The summed E-state index contributed by atoms with van der Waals surface area (Å²) in [6, 6.07) is 12.5. The fraction of sp³-hybridized carbons (Fsp3) is 0.235. The zero-order valence-electron chi connectivity index (χ0n) is 12.8. The topological polar surface area (TPSA) is 77.5 Å². The van der Waals surface area contributed by atoms with E-state index in [-0.39, 0.29) is 24.6 Å². The second-order valence-corrected chi connectivity index (χ2v) is 4.62. The number of nitrogens with zero attached hydrogens (tertiary/aromatic N) is 1. The molecular formula is C17H18N2O4. The number of ether oxygens (including phenoxy) is 2. The minimum Gasteiger partial charge on any atom is -0.477 e. The molecular weight excluding hydrogens is 296 g/mol. The number of hydrogen-bond donors (Lipinski definition) is 1. The predicted octanol–water partition coefficient (Wildman–Crippen LogP) is 1.95. The fourth-order valence-electron chi connectivity index (χ4n) is 1.85. The van der Waals surface area contributed by atoms with Gasteiger partial charge in [0.05, 0.1) is 6.61 Å². The van der Waals surface area contributed by atoms with Crippen LogP contribution in [0.2, 0.25) is 0 Å². The predicted molar refractivity (Wildman–Crippen MR) is 84.0 cm³/mol. The Balaban J connectivity index is 1.83. The Morgan fingerprint density at radius 1 is 1.13 bits per heavy atom. The van der Waals surface area contributed by atoms with E-state index in [0.717, 1.165) is 5.56 Å². The van der Waals surface area contributed by atoms with Gasteiger partial charge in [0.2, 0.25) is 5.88 Å². The Hall–Kier alpha value is -2.89. The highest BCUT2D eigenvalue weighted by Gasteiger charge is 2.14. The molecule has 0 saturated carbocycles. The van der Waals surface area contributed by atoms with Crippen LogP contribution in [0.3, 0.4) is 0 Å². The molecule has 1 aromatic carbocycles. The Bertz CT molecular complexity index is 659. The summed E-state index contributed by atoms with van der Waals surface area (Å²) in [6.45, 7) is 2.16. The van der Waals surface area contributed by atoms with Crippen molar-refractivity contribution in [2.75, 3.05) is 13.2 Å². The van der Waals surface area contributed by atoms with Crippen molar-refractivity contribution in [3.8, 4) is 5.88 Å². The molecule has 2 rings (SSSR count). The molecule has 0 unspecified atom stereocenters. The Morgan fingerprint density at radius 3 is 2.65 bits per heavy atom. The average Bonchev–Trinajstić information content (AvgIpc) is 2.59. The molecule has 0 saturated heterocycles. The average molecular weight is 314 g/mol. The largest absolute Gasteiger partial charge is 0.477 e. The van der Waals surface area contributed by atoms with E-state index in [2.05, 4.69) is 10.3 Å². The molecule has 0 spiro atoms.